The Hall–Kier alpha value is -1.74. The number of ether oxygens (including phenoxy) is 1. The highest BCUT2D eigenvalue weighted by Gasteiger charge is 2.03. The molecule has 0 aliphatic rings. The number of aryl methyl sites for hydroxylation is 1. The molecule has 1 heterocycles. The molecule has 0 aliphatic carbocycles. The number of benzene rings is 1. The van der Waals surface area contributed by atoms with Crippen LogP contribution < -0.4 is 5.32 Å². The third-order valence-electron chi connectivity index (χ3n) is 2.73. The molecular formula is C15H19NO2. The molecular weight excluding hydrogens is 226 g/mol. The molecule has 0 saturated carbocycles. The molecule has 0 unspecified atom stereocenters. The van der Waals surface area contributed by atoms with Gasteiger partial charge in [0.25, 0.3) is 0 Å². The highest BCUT2D eigenvalue weighted by Crippen LogP contribution is 2.17. The lowest BCUT2D eigenvalue weighted by Gasteiger charge is -2.10. The van der Waals surface area contributed by atoms with E-state index in [0.29, 0.717) is 13.2 Å². The van der Waals surface area contributed by atoms with Crippen molar-refractivity contribution in [2.45, 2.75) is 27.0 Å². The normalized spacial score (nSPS) is 10.6. The molecule has 0 radical (unpaired) electrons. The van der Waals surface area contributed by atoms with Gasteiger partial charge in [0.2, 0.25) is 0 Å². The van der Waals surface area contributed by atoms with Gasteiger partial charge in [-0.05, 0) is 32.0 Å². The molecule has 0 fully saturated rings. The number of nitrogens with one attached hydrogen (secondary N) is 1. The smallest absolute Gasteiger partial charge is 0.123 e. The van der Waals surface area contributed by atoms with E-state index in [1.165, 1.54) is 5.56 Å². The largest absolute Gasteiger partial charge is 0.465 e. The van der Waals surface area contributed by atoms with Crippen molar-refractivity contribution < 1.29 is 9.15 Å². The Morgan fingerprint density at radius 2 is 2.00 bits per heavy atom. The molecule has 18 heavy (non-hydrogen) atoms. The summed E-state index contributed by atoms with van der Waals surface area (Å²) in [6, 6.07) is 12.1. The molecule has 0 amide bonds. The monoisotopic (exact) mass is 245 g/mol. The fraction of sp³-hybridized carbons (Fsp3) is 0.333. The third-order valence-corrected chi connectivity index (χ3v) is 2.73. The summed E-state index contributed by atoms with van der Waals surface area (Å²) in [5.41, 5.74) is 2.27. The zero-order chi connectivity index (χ0) is 12.8. The Morgan fingerprint density at radius 3 is 2.72 bits per heavy atom. The summed E-state index contributed by atoms with van der Waals surface area (Å²) in [7, 11) is 0. The van der Waals surface area contributed by atoms with Crippen LogP contribution in [0.5, 0.6) is 0 Å². The van der Waals surface area contributed by atoms with E-state index < -0.39 is 0 Å². The standard InChI is InChI=1S/C15H19NO2/c1-3-17-11-13-6-4-5-7-15(13)16-10-14-9-8-12(2)18-14/h4-9,16H,3,10-11H2,1-2H3. The Kier molecular flexibility index (Phi) is 4.42. The van der Waals surface area contributed by atoms with E-state index in [-0.39, 0.29) is 0 Å². The van der Waals surface area contributed by atoms with Crippen LogP contribution in [-0.4, -0.2) is 6.61 Å². The maximum absolute atomic E-state index is 5.53. The van der Waals surface area contributed by atoms with Crippen molar-refractivity contribution in [1.82, 2.24) is 0 Å². The van der Waals surface area contributed by atoms with Crippen LogP contribution in [0, 0.1) is 6.92 Å². The average molecular weight is 245 g/mol. The Labute approximate surface area is 108 Å². The summed E-state index contributed by atoms with van der Waals surface area (Å²) in [6.45, 7) is 6.01. The zero-order valence-corrected chi connectivity index (χ0v) is 10.9. The SMILES string of the molecule is CCOCc1ccccc1NCc1ccc(C)o1. The molecule has 1 N–H and O–H groups in total. The lowest BCUT2D eigenvalue weighted by Crippen LogP contribution is -2.03. The van der Waals surface area contributed by atoms with Gasteiger partial charge in [-0.3, -0.25) is 0 Å². The molecule has 0 bridgehead atoms. The number of hydrogen-bond donors (Lipinski definition) is 1. The van der Waals surface area contributed by atoms with Crippen molar-refractivity contribution >= 4 is 5.69 Å². The molecule has 1 aromatic heterocycles. The second kappa shape index (κ2) is 6.26. The van der Waals surface area contributed by atoms with Crippen molar-refractivity contribution in [1.29, 1.82) is 0 Å². The summed E-state index contributed by atoms with van der Waals surface area (Å²) >= 11 is 0. The van der Waals surface area contributed by atoms with E-state index in [0.717, 1.165) is 23.8 Å². The fourth-order valence-corrected chi connectivity index (χ4v) is 1.79. The van der Waals surface area contributed by atoms with E-state index >= 15 is 0 Å². The molecule has 3 heteroatoms. The topological polar surface area (TPSA) is 34.4 Å². The molecule has 0 saturated heterocycles. The first-order valence-electron chi connectivity index (χ1n) is 6.24. The molecule has 96 valence electrons. The second-order valence-corrected chi connectivity index (χ2v) is 4.16. The van der Waals surface area contributed by atoms with Crippen molar-refractivity contribution in [3.63, 3.8) is 0 Å². The first kappa shape index (κ1) is 12.7. The summed E-state index contributed by atoms with van der Waals surface area (Å²) in [5.74, 6) is 1.88. The van der Waals surface area contributed by atoms with Crippen LogP contribution in [0.4, 0.5) is 5.69 Å². The molecule has 2 aromatic rings. The van der Waals surface area contributed by atoms with Crippen LogP contribution in [-0.2, 0) is 17.9 Å². The van der Waals surface area contributed by atoms with Gasteiger partial charge in [-0.15, -0.1) is 0 Å². The Balaban J connectivity index is 1.99. The molecule has 1 aromatic carbocycles. The molecule has 3 nitrogen and oxygen atoms in total. The zero-order valence-electron chi connectivity index (χ0n) is 10.9. The quantitative estimate of drug-likeness (QED) is 0.842. The van der Waals surface area contributed by atoms with Crippen LogP contribution in [0.2, 0.25) is 0 Å². The van der Waals surface area contributed by atoms with Crippen LogP contribution in [0.3, 0.4) is 0 Å². The van der Waals surface area contributed by atoms with Gasteiger partial charge < -0.3 is 14.5 Å². The van der Waals surface area contributed by atoms with Crippen molar-refractivity contribution in [2.75, 3.05) is 11.9 Å². The van der Waals surface area contributed by atoms with Crippen LogP contribution in [0.1, 0.15) is 24.0 Å². The van der Waals surface area contributed by atoms with E-state index in [1.807, 2.05) is 38.1 Å². The van der Waals surface area contributed by atoms with Gasteiger partial charge >= 0.3 is 0 Å². The maximum Gasteiger partial charge on any atom is 0.123 e. The van der Waals surface area contributed by atoms with E-state index in [1.54, 1.807) is 0 Å². The van der Waals surface area contributed by atoms with Gasteiger partial charge in [-0.25, -0.2) is 0 Å². The van der Waals surface area contributed by atoms with Gasteiger partial charge in [0.15, 0.2) is 0 Å². The minimum absolute atomic E-state index is 0.636. The van der Waals surface area contributed by atoms with Crippen molar-refractivity contribution in [3.8, 4) is 0 Å². The minimum Gasteiger partial charge on any atom is -0.465 e. The number of anilines is 1. The Bertz CT molecular complexity index is 491. The van der Waals surface area contributed by atoms with Gasteiger partial charge in [0.05, 0.1) is 13.2 Å². The molecule has 0 atom stereocenters. The molecule has 0 aliphatic heterocycles. The van der Waals surface area contributed by atoms with Crippen LogP contribution >= 0.6 is 0 Å². The van der Waals surface area contributed by atoms with Gasteiger partial charge in [-0.2, -0.15) is 0 Å². The predicted molar refractivity (Wildman–Crippen MR) is 72.5 cm³/mol. The Morgan fingerprint density at radius 1 is 1.17 bits per heavy atom. The predicted octanol–water partition coefficient (Wildman–Crippen LogP) is 3.74. The lowest BCUT2D eigenvalue weighted by atomic mass is 10.2. The first-order chi connectivity index (χ1) is 8.79. The van der Waals surface area contributed by atoms with E-state index in [9.17, 15) is 0 Å². The van der Waals surface area contributed by atoms with Gasteiger partial charge in [0, 0.05) is 17.9 Å². The highest BCUT2D eigenvalue weighted by atomic mass is 16.5. The number of para-hydroxylation sites is 1. The first-order valence-corrected chi connectivity index (χ1v) is 6.24. The van der Waals surface area contributed by atoms with Crippen LogP contribution in [0.25, 0.3) is 0 Å². The highest BCUT2D eigenvalue weighted by molar-refractivity contribution is 5.50. The summed E-state index contributed by atoms with van der Waals surface area (Å²) in [4.78, 5) is 0. The number of rotatable bonds is 6. The van der Waals surface area contributed by atoms with E-state index in [2.05, 4.69) is 17.4 Å². The third kappa shape index (κ3) is 3.37. The summed E-state index contributed by atoms with van der Waals surface area (Å²) < 4.78 is 11.0. The molecule has 0 spiro atoms. The summed E-state index contributed by atoms with van der Waals surface area (Å²) in [6.07, 6.45) is 0. The number of furan rings is 1. The van der Waals surface area contributed by atoms with Crippen molar-refractivity contribution in [3.05, 3.63) is 53.5 Å². The van der Waals surface area contributed by atoms with Gasteiger partial charge in [0.1, 0.15) is 11.5 Å². The minimum atomic E-state index is 0.636. The number of hydrogen-bond acceptors (Lipinski definition) is 3. The van der Waals surface area contributed by atoms with E-state index in [4.69, 9.17) is 9.15 Å². The average Bonchev–Trinajstić information content (AvgIpc) is 2.81. The fourth-order valence-electron chi connectivity index (χ4n) is 1.79. The summed E-state index contributed by atoms with van der Waals surface area (Å²) in [5, 5.41) is 3.38. The van der Waals surface area contributed by atoms with Crippen LogP contribution in [0.15, 0.2) is 40.8 Å². The van der Waals surface area contributed by atoms with Crippen molar-refractivity contribution in [2.24, 2.45) is 0 Å². The second-order valence-electron chi connectivity index (χ2n) is 4.16. The van der Waals surface area contributed by atoms with Gasteiger partial charge in [-0.1, -0.05) is 18.2 Å². The maximum atomic E-state index is 5.53. The lowest BCUT2D eigenvalue weighted by molar-refractivity contribution is 0.134. The molecule has 2 rings (SSSR count).